The van der Waals surface area contributed by atoms with Gasteiger partial charge in [0.15, 0.2) is 5.16 Å². The number of amides is 1. The molecule has 0 aliphatic carbocycles. The van der Waals surface area contributed by atoms with E-state index in [2.05, 4.69) is 9.97 Å². The molecule has 0 spiro atoms. The number of thioether (sulfide) groups is 1. The molecule has 0 radical (unpaired) electrons. The molecule has 1 aliphatic heterocycles. The third-order valence-electron chi connectivity index (χ3n) is 5.59. The normalized spacial score (nSPS) is 16.8. The number of carboxylic acid groups (broad SMARTS) is 1. The number of pyridine rings is 1. The van der Waals surface area contributed by atoms with E-state index < -0.39 is 18.0 Å². The number of hydrogen-bond donors (Lipinski definition) is 1. The first kappa shape index (κ1) is 22.3. The van der Waals surface area contributed by atoms with Gasteiger partial charge in [-0.1, -0.05) is 29.4 Å². The highest BCUT2D eigenvalue weighted by Crippen LogP contribution is 2.34. The van der Waals surface area contributed by atoms with Gasteiger partial charge in [0.25, 0.3) is 5.56 Å². The lowest BCUT2D eigenvalue weighted by Crippen LogP contribution is -2.33. The first-order chi connectivity index (χ1) is 15.4. The number of rotatable bonds is 5. The molecule has 3 aromatic rings. The second-order valence-corrected chi connectivity index (χ2v) is 8.67. The van der Waals surface area contributed by atoms with Crippen molar-refractivity contribution in [2.75, 3.05) is 19.3 Å². The van der Waals surface area contributed by atoms with E-state index >= 15 is 0 Å². The van der Waals surface area contributed by atoms with Crippen LogP contribution in [0.1, 0.15) is 18.0 Å². The fourth-order valence-corrected chi connectivity index (χ4v) is 4.53. The summed E-state index contributed by atoms with van der Waals surface area (Å²) in [6.07, 6.45) is 4.70. The Hall–Kier alpha value is -2.91. The van der Waals surface area contributed by atoms with Gasteiger partial charge in [-0.15, -0.1) is 0 Å². The molecule has 0 bridgehead atoms. The Labute approximate surface area is 192 Å². The molecule has 1 N–H and O–H groups in total. The van der Waals surface area contributed by atoms with E-state index in [1.807, 2.05) is 6.26 Å². The van der Waals surface area contributed by atoms with Crippen LogP contribution in [0.25, 0.3) is 11.3 Å². The number of aromatic nitrogens is 3. The summed E-state index contributed by atoms with van der Waals surface area (Å²) in [5.74, 6) is -0.783. The van der Waals surface area contributed by atoms with Gasteiger partial charge in [0.1, 0.15) is 5.82 Å². The minimum Gasteiger partial charge on any atom is -0.465 e. The van der Waals surface area contributed by atoms with E-state index in [1.54, 1.807) is 30.6 Å². The van der Waals surface area contributed by atoms with Gasteiger partial charge in [0.05, 0.1) is 16.8 Å². The number of benzene rings is 1. The van der Waals surface area contributed by atoms with Crippen LogP contribution in [0.3, 0.4) is 0 Å². The van der Waals surface area contributed by atoms with Crippen LogP contribution in [0.4, 0.5) is 9.18 Å². The first-order valence-electron chi connectivity index (χ1n) is 9.90. The van der Waals surface area contributed by atoms with Gasteiger partial charge in [-0.25, -0.2) is 19.2 Å². The molecule has 166 valence electrons. The molecule has 1 fully saturated rings. The number of likely N-dealkylation sites (tertiary alicyclic amines) is 1. The summed E-state index contributed by atoms with van der Waals surface area (Å²) < 4.78 is 15.8. The van der Waals surface area contributed by atoms with Gasteiger partial charge in [-0.05, 0) is 42.5 Å². The Morgan fingerprint density at radius 1 is 1.31 bits per heavy atom. The summed E-state index contributed by atoms with van der Waals surface area (Å²) in [5, 5.41) is 9.95. The monoisotopic (exact) mass is 474 g/mol. The van der Waals surface area contributed by atoms with E-state index in [1.165, 1.54) is 39.4 Å². The molecule has 0 unspecified atom stereocenters. The van der Waals surface area contributed by atoms with Gasteiger partial charge >= 0.3 is 6.09 Å². The minimum absolute atomic E-state index is 0.0119. The van der Waals surface area contributed by atoms with Crippen LogP contribution in [0.2, 0.25) is 5.02 Å². The largest absolute Gasteiger partial charge is 0.465 e. The Morgan fingerprint density at radius 3 is 2.78 bits per heavy atom. The lowest BCUT2D eigenvalue weighted by atomic mass is 9.91. The van der Waals surface area contributed by atoms with Crippen molar-refractivity contribution in [3.63, 3.8) is 0 Å². The van der Waals surface area contributed by atoms with E-state index in [-0.39, 0.29) is 23.0 Å². The van der Waals surface area contributed by atoms with E-state index in [9.17, 15) is 19.1 Å². The molecule has 1 amide bonds. The van der Waals surface area contributed by atoms with Crippen LogP contribution >= 0.6 is 23.4 Å². The van der Waals surface area contributed by atoms with Crippen molar-refractivity contribution >= 4 is 29.5 Å². The molecule has 2 atom stereocenters. The summed E-state index contributed by atoms with van der Waals surface area (Å²) in [7, 11) is 0. The Balaban J connectivity index is 1.76. The van der Waals surface area contributed by atoms with Gasteiger partial charge < -0.3 is 14.6 Å². The van der Waals surface area contributed by atoms with Crippen LogP contribution in [-0.4, -0.2) is 50.0 Å². The first-order valence-corrected chi connectivity index (χ1v) is 11.5. The van der Waals surface area contributed by atoms with Crippen molar-refractivity contribution in [1.29, 1.82) is 0 Å². The zero-order chi connectivity index (χ0) is 22.8. The van der Waals surface area contributed by atoms with Crippen molar-refractivity contribution in [2.24, 2.45) is 5.92 Å². The highest BCUT2D eigenvalue weighted by atomic mass is 35.5. The Bertz CT molecular complexity index is 1220. The van der Waals surface area contributed by atoms with Crippen molar-refractivity contribution in [3.8, 4) is 11.3 Å². The highest BCUT2D eigenvalue weighted by molar-refractivity contribution is 7.98. The molecule has 3 heterocycles. The molecule has 4 rings (SSSR count). The maximum Gasteiger partial charge on any atom is 0.407 e. The predicted molar refractivity (Wildman–Crippen MR) is 121 cm³/mol. The molecule has 0 saturated carbocycles. The summed E-state index contributed by atoms with van der Waals surface area (Å²) in [6, 6.07) is 8.88. The van der Waals surface area contributed by atoms with Crippen molar-refractivity contribution in [2.45, 2.75) is 17.6 Å². The molecule has 2 aromatic heterocycles. The fourth-order valence-electron chi connectivity index (χ4n) is 4.05. The SMILES string of the molecule is CSc1nccc(-c2ccn([C@H](c3ccc(Cl)c(F)c3)[C@@H]3CCN(C(=O)O)C3)c(=O)c2)n1. The fraction of sp³-hybridized carbons (Fsp3) is 0.273. The number of hydrogen-bond acceptors (Lipinski definition) is 5. The molecule has 7 nitrogen and oxygen atoms in total. The summed E-state index contributed by atoms with van der Waals surface area (Å²) in [5.41, 5.74) is 1.54. The predicted octanol–water partition coefficient (Wildman–Crippen LogP) is 4.41. The van der Waals surface area contributed by atoms with Crippen LogP contribution in [0, 0.1) is 11.7 Å². The summed E-state index contributed by atoms with van der Waals surface area (Å²) in [6.45, 7) is 0.610. The zero-order valence-electron chi connectivity index (χ0n) is 17.1. The molecular weight excluding hydrogens is 455 g/mol. The Morgan fingerprint density at radius 2 is 2.12 bits per heavy atom. The molecular formula is C22H20ClFN4O3S. The summed E-state index contributed by atoms with van der Waals surface area (Å²) >= 11 is 7.26. The van der Waals surface area contributed by atoms with Gasteiger partial charge in [-0.3, -0.25) is 4.79 Å². The maximum absolute atomic E-state index is 14.3. The van der Waals surface area contributed by atoms with Crippen molar-refractivity contribution in [3.05, 3.63) is 75.5 Å². The van der Waals surface area contributed by atoms with Crippen LogP contribution in [0.5, 0.6) is 0 Å². The van der Waals surface area contributed by atoms with Gasteiger partial charge in [0.2, 0.25) is 0 Å². The number of nitrogens with zero attached hydrogens (tertiary/aromatic N) is 4. The van der Waals surface area contributed by atoms with Crippen LogP contribution < -0.4 is 5.56 Å². The third-order valence-corrected chi connectivity index (χ3v) is 6.45. The van der Waals surface area contributed by atoms with Crippen LogP contribution in [0.15, 0.2) is 58.7 Å². The van der Waals surface area contributed by atoms with E-state index in [0.29, 0.717) is 34.9 Å². The second-order valence-electron chi connectivity index (χ2n) is 7.49. The molecule has 1 saturated heterocycles. The average Bonchev–Trinajstić information content (AvgIpc) is 3.27. The Kier molecular flexibility index (Phi) is 6.48. The quantitative estimate of drug-likeness (QED) is 0.435. The minimum atomic E-state index is -1.01. The van der Waals surface area contributed by atoms with E-state index in [0.717, 1.165) is 0 Å². The smallest absolute Gasteiger partial charge is 0.407 e. The number of carbonyl (C=O) groups is 1. The van der Waals surface area contributed by atoms with Gasteiger partial charge in [-0.2, -0.15) is 0 Å². The molecule has 1 aromatic carbocycles. The maximum atomic E-state index is 14.3. The molecule has 32 heavy (non-hydrogen) atoms. The van der Waals surface area contributed by atoms with E-state index in [4.69, 9.17) is 11.6 Å². The molecule has 1 aliphatic rings. The molecule has 10 heteroatoms. The third kappa shape index (κ3) is 4.49. The highest BCUT2D eigenvalue weighted by Gasteiger charge is 2.34. The number of halogens is 2. The van der Waals surface area contributed by atoms with Crippen molar-refractivity contribution < 1.29 is 14.3 Å². The lowest BCUT2D eigenvalue weighted by molar-refractivity contribution is 0.153. The lowest BCUT2D eigenvalue weighted by Gasteiger charge is -2.27. The zero-order valence-corrected chi connectivity index (χ0v) is 18.7. The second kappa shape index (κ2) is 9.30. The standard InChI is InChI=1S/C22H20ClFN4O3S/c1-32-21-25-7-4-18(26-21)13-6-9-28(19(29)11-13)20(14-2-3-16(23)17(24)10-14)15-5-8-27(12-15)22(30)31/h2-4,6-7,9-11,15,20H,5,8,12H2,1H3,(H,30,31)/t15-,20-/m1/s1. The van der Waals surface area contributed by atoms with Crippen LogP contribution in [-0.2, 0) is 0 Å². The summed E-state index contributed by atoms with van der Waals surface area (Å²) in [4.78, 5) is 34.5. The van der Waals surface area contributed by atoms with Crippen molar-refractivity contribution in [1.82, 2.24) is 19.4 Å². The average molecular weight is 475 g/mol. The van der Waals surface area contributed by atoms with Gasteiger partial charge in [0, 0.05) is 43.0 Å². The topological polar surface area (TPSA) is 88.3 Å².